The molecule has 1 atom stereocenters. The third-order valence-electron chi connectivity index (χ3n) is 3.96. The summed E-state index contributed by atoms with van der Waals surface area (Å²) in [5.74, 6) is 0. The molecule has 0 bridgehead atoms. The summed E-state index contributed by atoms with van der Waals surface area (Å²) in [5.41, 5.74) is 2.30. The average molecular weight is 348 g/mol. The fourth-order valence-electron chi connectivity index (χ4n) is 2.70. The van der Waals surface area contributed by atoms with Gasteiger partial charge >= 0.3 is 0 Å². The highest BCUT2D eigenvalue weighted by molar-refractivity contribution is 9.09. The van der Waals surface area contributed by atoms with Crippen LogP contribution in [0.15, 0.2) is 36.4 Å². The van der Waals surface area contributed by atoms with Crippen molar-refractivity contribution in [3.63, 3.8) is 0 Å². The Morgan fingerprint density at radius 1 is 0.952 bits per heavy atom. The van der Waals surface area contributed by atoms with E-state index in [1.54, 1.807) is 0 Å². The average Bonchev–Trinajstić information content (AvgIpc) is 2.50. The molecule has 2 heteroatoms. The van der Waals surface area contributed by atoms with Crippen molar-refractivity contribution in [3.05, 3.63) is 42.1 Å². The van der Waals surface area contributed by atoms with E-state index in [0.717, 1.165) is 11.9 Å². The molecule has 0 saturated heterocycles. The first-order valence-electron chi connectivity index (χ1n) is 8.28. The van der Waals surface area contributed by atoms with Crippen LogP contribution in [0.2, 0.25) is 0 Å². The van der Waals surface area contributed by atoms with Gasteiger partial charge in [-0.3, -0.25) is 4.98 Å². The normalized spacial score (nSPS) is 12.7. The Labute approximate surface area is 137 Å². The van der Waals surface area contributed by atoms with Crippen LogP contribution in [-0.2, 0) is 6.42 Å². The highest BCUT2D eigenvalue weighted by Crippen LogP contribution is 2.19. The van der Waals surface area contributed by atoms with Crippen molar-refractivity contribution < 1.29 is 0 Å². The van der Waals surface area contributed by atoms with E-state index >= 15 is 0 Å². The molecule has 0 N–H and O–H groups in total. The van der Waals surface area contributed by atoms with Gasteiger partial charge in [-0.2, -0.15) is 0 Å². The van der Waals surface area contributed by atoms with Crippen molar-refractivity contribution in [2.45, 2.75) is 63.1 Å². The van der Waals surface area contributed by atoms with E-state index in [4.69, 9.17) is 4.98 Å². The molecule has 0 fully saturated rings. The molecule has 1 unspecified atom stereocenters. The van der Waals surface area contributed by atoms with Crippen LogP contribution in [-0.4, -0.2) is 9.81 Å². The van der Waals surface area contributed by atoms with Gasteiger partial charge in [0.05, 0.1) is 5.52 Å². The molecule has 2 aromatic rings. The molecule has 0 saturated carbocycles. The molecule has 0 spiro atoms. The number of hydrogen-bond acceptors (Lipinski definition) is 1. The molecule has 0 radical (unpaired) electrons. The second kappa shape index (κ2) is 9.19. The second-order valence-corrected chi connectivity index (χ2v) is 7.15. The van der Waals surface area contributed by atoms with Crippen LogP contribution >= 0.6 is 15.9 Å². The predicted octanol–water partition coefficient (Wildman–Crippen LogP) is 6.29. The summed E-state index contributed by atoms with van der Waals surface area (Å²) in [5, 5.41) is 1.23. The summed E-state index contributed by atoms with van der Waals surface area (Å²) in [6.45, 7) is 2.27. The van der Waals surface area contributed by atoms with Gasteiger partial charge in [-0.05, 0) is 18.6 Å². The first-order valence-corrected chi connectivity index (χ1v) is 9.20. The van der Waals surface area contributed by atoms with Gasteiger partial charge in [0.1, 0.15) is 0 Å². The van der Waals surface area contributed by atoms with Gasteiger partial charge in [-0.1, -0.05) is 85.6 Å². The maximum absolute atomic E-state index is 4.75. The Bertz CT molecular complexity index is 538. The van der Waals surface area contributed by atoms with Crippen LogP contribution in [0.1, 0.15) is 57.6 Å². The lowest BCUT2D eigenvalue weighted by Gasteiger charge is -2.10. The van der Waals surface area contributed by atoms with Crippen LogP contribution in [0, 0.1) is 0 Å². The molecule has 1 nitrogen and oxygen atoms in total. The van der Waals surface area contributed by atoms with Crippen LogP contribution in [0.4, 0.5) is 0 Å². The summed E-state index contributed by atoms with van der Waals surface area (Å²) in [7, 11) is 0. The smallest absolute Gasteiger partial charge is 0.0705 e. The van der Waals surface area contributed by atoms with Crippen molar-refractivity contribution in [3.8, 4) is 0 Å². The summed E-state index contributed by atoms with van der Waals surface area (Å²) >= 11 is 3.82. The van der Waals surface area contributed by atoms with Crippen molar-refractivity contribution in [2.24, 2.45) is 0 Å². The molecular formula is C19H26BrN. The molecule has 0 aliphatic heterocycles. The number of unbranched alkanes of at least 4 members (excludes halogenated alkanes) is 5. The number of alkyl halides is 1. The maximum atomic E-state index is 4.75. The molecule has 1 aromatic heterocycles. The molecule has 21 heavy (non-hydrogen) atoms. The van der Waals surface area contributed by atoms with Gasteiger partial charge < -0.3 is 0 Å². The van der Waals surface area contributed by atoms with Gasteiger partial charge in [0, 0.05) is 22.3 Å². The number of benzene rings is 1. The quantitative estimate of drug-likeness (QED) is 0.383. The molecular weight excluding hydrogens is 322 g/mol. The lowest BCUT2D eigenvalue weighted by molar-refractivity contribution is 0.581. The number of pyridine rings is 1. The zero-order chi connectivity index (χ0) is 14.9. The first kappa shape index (κ1) is 16.5. The van der Waals surface area contributed by atoms with E-state index < -0.39 is 0 Å². The number of nitrogens with zero attached hydrogens (tertiary/aromatic N) is 1. The second-order valence-electron chi connectivity index (χ2n) is 5.85. The Hall–Kier alpha value is -0.890. The van der Waals surface area contributed by atoms with E-state index in [9.17, 15) is 0 Å². The Morgan fingerprint density at radius 3 is 2.57 bits per heavy atom. The van der Waals surface area contributed by atoms with Gasteiger partial charge in [0.2, 0.25) is 0 Å². The minimum Gasteiger partial charge on any atom is -0.253 e. The highest BCUT2D eigenvalue weighted by atomic mass is 79.9. The third-order valence-corrected chi connectivity index (χ3v) is 4.74. The zero-order valence-corrected chi connectivity index (χ0v) is 14.6. The molecule has 1 heterocycles. The Morgan fingerprint density at radius 2 is 1.71 bits per heavy atom. The largest absolute Gasteiger partial charge is 0.253 e. The maximum Gasteiger partial charge on any atom is 0.0705 e. The standard InChI is InChI=1S/C19H26BrN/c1-2-3-4-5-6-7-11-17(20)15-18-14-13-16-10-8-9-12-19(16)21-18/h8-10,12-14,17H,2-7,11,15H2,1H3. The zero-order valence-electron chi connectivity index (χ0n) is 13.0. The van der Waals surface area contributed by atoms with Crippen LogP contribution in [0.25, 0.3) is 10.9 Å². The minimum absolute atomic E-state index is 0.553. The number of hydrogen-bond donors (Lipinski definition) is 0. The van der Waals surface area contributed by atoms with E-state index in [-0.39, 0.29) is 0 Å². The van der Waals surface area contributed by atoms with E-state index in [1.165, 1.54) is 56.0 Å². The molecule has 0 aliphatic rings. The predicted molar refractivity (Wildman–Crippen MR) is 96.2 cm³/mol. The number of aromatic nitrogens is 1. The number of halogens is 1. The summed E-state index contributed by atoms with van der Waals surface area (Å²) in [4.78, 5) is 5.31. The van der Waals surface area contributed by atoms with Crippen LogP contribution in [0.3, 0.4) is 0 Å². The Kier molecular flexibility index (Phi) is 7.21. The fraction of sp³-hybridized carbons (Fsp3) is 0.526. The summed E-state index contributed by atoms with van der Waals surface area (Å²) in [6, 6.07) is 12.7. The Balaban J connectivity index is 1.74. The van der Waals surface area contributed by atoms with Crippen molar-refractivity contribution in [2.75, 3.05) is 0 Å². The number of para-hydroxylation sites is 1. The third kappa shape index (κ3) is 5.78. The molecule has 0 aliphatic carbocycles. The number of fused-ring (bicyclic) bond motifs is 1. The van der Waals surface area contributed by atoms with Crippen molar-refractivity contribution >= 4 is 26.8 Å². The van der Waals surface area contributed by atoms with Crippen LogP contribution < -0.4 is 0 Å². The monoisotopic (exact) mass is 347 g/mol. The summed E-state index contributed by atoms with van der Waals surface area (Å²) < 4.78 is 0. The van der Waals surface area contributed by atoms with Gasteiger partial charge in [-0.15, -0.1) is 0 Å². The van der Waals surface area contributed by atoms with Gasteiger partial charge in [0.25, 0.3) is 0 Å². The topological polar surface area (TPSA) is 12.9 Å². The summed E-state index contributed by atoms with van der Waals surface area (Å²) in [6.07, 6.45) is 10.5. The first-order chi connectivity index (χ1) is 10.3. The highest BCUT2D eigenvalue weighted by Gasteiger charge is 2.07. The number of rotatable bonds is 9. The van der Waals surface area contributed by atoms with Gasteiger partial charge in [-0.25, -0.2) is 0 Å². The van der Waals surface area contributed by atoms with Crippen molar-refractivity contribution in [1.82, 2.24) is 4.98 Å². The lowest BCUT2D eigenvalue weighted by atomic mass is 10.1. The fourth-order valence-corrected chi connectivity index (χ4v) is 3.35. The molecule has 0 amide bonds. The molecule has 114 valence electrons. The van der Waals surface area contributed by atoms with E-state index in [1.807, 2.05) is 0 Å². The molecule has 2 rings (SSSR count). The van der Waals surface area contributed by atoms with E-state index in [2.05, 4.69) is 59.3 Å². The van der Waals surface area contributed by atoms with E-state index in [0.29, 0.717) is 4.83 Å². The SMILES string of the molecule is CCCCCCCCC(Br)Cc1ccc2ccccc2n1. The minimum atomic E-state index is 0.553. The van der Waals surface area contributed by atoms with Gasteiger partial charge in [0.15, 0.2) is 0 Å². The van der Waals surface area contributed by atoms with Crippen molar-refractivity contribution in [1.29, 1.82) is 0 Å². The lowest BCUT2D eigenvalue weighted by Crippen LogP contribution is -2.04. The molecule has 1 aromatic carbocycles. The van der Waals surface area contributed by atoms with Crippen LogP contribution in [0.5, 0.6) is 0 Å².